The third kappa shape index (κ3) is 4.53. The third-order valence-corrected chi connectivity index (χ3v) is 12.1. The molecule has 0 saturated heterocycles. The van der Waals surface area contributed by atoms with E-state index in [0.29, 0.717) is 0 Å². The van der Waals surface area contributed by atoms with Crippen molar-refractivity contribution in [2.45, 2.75) is 37.5 Å². The molecule has 1 saturated carbocycles. The fourth-order valence-electron chi connectivity index (χ4n) is 8.66. The van der Waals surface area contributed by atoms with Crippen LogP contribution in [0.15, 0.2) is 146 Å². The van der Waals surface area contributed by atoms with Crippen molar-refractivity contribution in [1.29, 1.82) is 0 Å². The molecule has 2 aromatic heterocycles. The zero-order valence-electron chi connectivity index (χ0n) is 27.2. The summed E-state index contributed by atoms with van der Waals surface area (Å²) in [5.74, 6) is 0.743. The maximum absolute atomic E-state index is 5.13. The molecule has 2 heterocycles. The standard InChI is InChI=1S/C46H34N2S/c1-4-14-30(15-5-1)40-29-41(31-16-6-2-7-17-31)48-45(47-40)32-24-25-42-37(28-32)35-21-12-20-34(44(35)49-42)33-19-13-23-39-43(33)36-18-8-9-22-38(36)46(39)26-10-3-11-27-46/h1-2,4-9,12-25,28-29H,3,10-11,26-27H2. The Bertz CT molecular complexity index is 2470. The zero-order chi connectivity index (χ0) is 32.4. The van der Waals surface area contributed by atoms with Gasteiger partial charge in [0.1, 0.15) is 0 Å². The summed E-state index contributed by atoms with van der Waals surface area (Å²) in [6, 6.07) is 52.9. The average molecular weight is 647 g/mol. The van der Waals surface area contributed by atoms with Crippen LogP contribution in [-0.2, 0) is 5.41 Å². The molecule has 0 amide bonds. The summed E-state index contributed by atoms with van der Waals surface area (Å²) in [6.45, 7) is 0. The van der Waals surface area contributed by atoms with E-state index in [0.717, 1.165) is 33.9 Å². The van der Waals surface area contributed by atoms with Crippen LogP contribution in [0.3, 0.4) is 0 Å². The number of rotatable bonds is 4. The molecule has 6 aromatic carbocycles. The van der Waals surface area contributed by atoms with Gasteiger partial charge in [0.2, 0.25) is 0 Å². The lowest BCUT2D eigenvalue weighted by Gasteiger charge is -2.36. The van der Waals surface area contributed by atoms with Gasteiger partial charge in [-0.3, -0.25) is 0 Å². The van der Waals surface area contributed by atoms with E-state index in [1.807, 2.05) is 23.5 Å². The molecule has 0 N–H and O–H groups in total. The molecule has 2 nitrogen and oxygen atoms in total. The van der Waals surface area contributed by atoms with Gasteiger partial charge in [0.25, 0.3) is 0 Å². The Balaban J connectivity index is 1.14. The van der Waals surface area contributed by atoms with E-state index in [1.165, 1.54) is 85.7 Å². The molecule has 0 bridgehead atoms. The summed E-state index contributed by atoms with van der Waals surface area (Å²) < 4.78 is 2.62. The van der Waals surface area contributed by atoms with Gasteiger partial charge in [-0.2, -0.15) is 0 Å². The smallest absolute Gasteiger partial charge is 0.160 e. The van der Waals surface area contributed by atoms with E-state index in [2.05, 4.69) is 133 Å². The van der Waals surface area contributed by atoms with Gasteiger partial charge >= 0.3 is 0 Å². The molecule has 2 aliphatic rings. The van der Waals surface area contributed by atoms with E-state index in [9.17, 15) is 0 Å². The monoisotopic (exact) mass is 646 g/mol. The fraction of sp³-hybridized carbons (Fsp3) is 0.130. The molecule has 0 radical (unpaired) electrons. The molecule has 0 atom stereocenters. The van der Waals surface area contributed by atoms with Crippen LogP contribution in [0.1, 0.15) is 43.2 Å². The van der Waals surface area contributed by atoms with E-state index < -0.39 is 0 Å². The normalized spacial score (nSPS) is 14.7. The van der Waals surface area contributed by atoms with Crippen molar-refractivity contribution in [1.82, 2.24) is 9.97 Å². The van der Waals surface area contributed by atoms with Gasteiger partial charge in [0, 0.05) is 47.8 Å². The highest BCUT2D eigenvalue weighted by Gasteiger charge is 2.44. The third-order valence-electron chi connectivity index (χ3n) is 10.9. The molecule has 234 valence electrons. The van der Waals surface area contributed by atoms with Crippen molar-refractivity contribution in [3.63, 3.8) is 0 Å². The maximum Gasteiger partial charge on any atom is 0.160 e. The Kier molecular flexibility index (Phi) is 6.63. The molecule has 2 aliphatic carbocycles. The number of thiophene rings is 1. The molecule has 1 spiro atoms. The van der Waals surface area contributed by atoms with Crippen LogP contribution in [-0.4, -0.2) is 9.97 Å². The molecule has 10 rings (SSSR count). The first-order valence-electron chi connectivity index (χ1n) is 17.5. The molecular weight excluding hydrogens is 613 g/mol. The summed E-state index contributed by atoms with van der Waals surface area (Å²) >= 11 is 1.90. The highest BCUT2D eigenvalue weighted by atomic mass is 32.1. The first-order chi connectivity index (χ1) is 24.3. The number of hydrogen-bond donors (Lipinski definition) is 0. The number of aromatic nitrogens is 2. The first-order valence-corrected chi connectivity index (χ1v) is 18.3. The first kappa shape index (κ1) is 28.6. The Morgan fingerprint density at radius 3 is 1.86 bits per heavy atom. The van der Waals surface area contributed by atoms with Gasteiger partial charge in [-0.25, -0.2) is 9.97 Å². The Morgan fingerprint density at radius 2 is 1.10 bits per heavy atom. The summed E-state index contributed by atoms with van der Waals surface area (Å²) in [5.41, 5.74) is 13.8. The van der Waals surface area contributed by atoms with Gasteiger partial charge in [-0.1, -0.05) is 141 Å². The molecular formula is C46H34N2S. The summed E-state index contributed by atoms with van der Waals surface area (Å²) in [5, 5.41) is 2.55. The predicted octanol–water partition coefficient (Wildman–Crippen LogP) is 12.7. The SMILES string of the molecule is c1ccc(-c2cc(-c3ccccc3)nc(-c3ccc4sc5c(-c6cccc7c6-c6ccccc6C76CCCCC6)cccc5c4c3)n2)cc1. The average Bonchev–Trinajstić information content (AvgIpc) is 3.69. The lowest BCUT2D eigenvalue weighted by Crippen LogP contribution is -2.27. The van der Waals surface area contributed by atoms with Crippen LogP contribution in [0.25, 0.3) is 76.3 Å². The van der Waals surface area contributed by atoms with Crippen molar-refractivity contribution < 1.29 is 0 Å². The van der Waals surface area contributed by atoms with Crippen LogP contribution >= 0.6 is 11.3 Å². The molecule has 1 fully saturated rings. The highest BCUT2D eigenvalue weighted by Crippen LogP contribution is 2.58. The van der Waals surface area contributed by atoms with Crippen molar-refractivity contribution in [2.75, 3.05) is 0 Å². The molecule has 3 heteroatoms. The Morgan fingerprint density at radius 1 is 0.469 bits per heavy atom. The predicted molar refractivity (Wildman–Crippen MR) is 206 cm³/mol. The number of hydrogen-bond acceptors (Lipinski definition) is 3. The van der Waals surface area contributed by atoms with Crippen molar-refractivity contribution in [3.05, 3.63) is 157 Å². The molecule has 0 aliphatic heterocycles. The van der Waals surface area contributed by atoms with E-state index in [-0.39, 0.29) is 5.41 Å². The fourth-order valence-corrected chi connectivity index (χ4v) is 9.87. The van der Waals surface area contributed by atoms with Crippen molar-refractivity contribution in [3.8, 4) is 56.2 Å². The summed E-state index contributed by atoms with van der Waals surface area (Å²) in [6.07, 6.45) is 6.44. The summed E-state index contributed by atoms with van der Waals surface area (Å²) in [7, 11) is 0. The number of fused-ring (bicyclic) bond motifs is 8. The minimum absolute atomic E-state index is 0.149. The van der Waals surface area contributed by atoms with Crippen LogP contribution in [0.2, 0.25) is 0 Å². The van der Waals surface area contributed by atoms with Gasteiger partial charge in [0.15, 0.2) is 5.82 Å². The second-order valence-corrected chi connectivity index (χ2v) is 14.7. The number of benzene rings is 6. The molecule has 8 aromatic rings. The molecule has 0 unspecified atom stereocenters. The topological polar surface area (TPSA) is 25.8 Å². The Labute approximate surface area is 290 Å². The van der Waals surface area contributed by atoms with Crippen molar-refractivity contribution in [2.24, 2.45) is 0 Å². The quantitative estimate of drug-likeness (QED) is 0.190. The van der Waals surface area contributed by atoms with Gasteiger partial charge < -0.3 is 0 Å². The van der Waals surface area contributed by atoms with Crippen LogP contribution < -0.4 is 0 Å². The minimum atomic E-state index is 0.149. The van der Waals surface area contributed by atoms with Crippen LogP contribution in [0, 0.1) is 0 Å². The largest absolute Gasteiger partial charge is 0.228 e. The van der Waals surface area contributed by atoms with E-state index in [4.69, 9.17) is 9.97 Å². The summed E-state index contributed by atoms with van der Waals surface area (Å²) in [4.78, 5) is 10.3. The lowest BCUT2D eigenvalue weighted by atomic mass is 9.68. The van der Waals surface area contributed by atoms with Crippen LogP contribution in [0.5, 0.6) is 0 Å². The highest BCUT2D eigenvalue weighted by molar-refractivity contribution is 7.26. The van der Waals surface area contributed by atoms with Crippen LogP contribution in [0.4, 0.5) is 0 Å². The maximum atomic E-state index is 5.13. The lowest BCUT2D eigenvalue weighted by molar-refractivity contribution is 0.353. The second-order valence-electron chi connectivity index (χ2n) is 13.6. The van der Waals surface area contributed by atoms with Gasteiger partial charge in [-0.05, 0) is 64.9 Å². The second kappa shape index (κ2) is 11.4. The Hall–Kier alpha value is -5.38. The number of nitrogens with zero attached hydrogens (tertiary/aromatic N) is 2. The zero-order valence-corrected chi connectivity index (χ0v) is 28.0. The van der Waals surface area contributed by atoms with Gasteiger partial charge in [-0.15, -0.1) is 11.3 Å². The molecule has 49 heavy (non-hydrogen) atoms. The van der Waals surface area contributed by atoms with E-state index in [1.54, 1.807) is 0 Å². The minimum Gasteiger partial charge on any atom is -0.228 e. The van der Waals surface area contributed by atoms with Crippen molar-refractivity contribution >= 4 is 31.5 Å². The van der Waals surface area contributed by atoms with E-state index >= 15 is 0 Å². The van der Waals surface area contributed by atoms with Gasteiger partial charge in [0.05, 0.1) is 11.4 Å².